The number of benzene rings is 1. The fourth-order valence-corrected chi connectivity index (χ4v) is 2.97. The van der Waals surface area contributed by atoms with Crippen molar-refractivity contribution in [1.82, 2.24) is 5.32 Å². The number of esters is 1. The summed E-state index contributed by atoms with van der Waals surface area (Å²) in [5.74, 6) is -1.37. The standard InChI is InChI=1S/C19H21N3O7S/c1-12-13(5-3-6-15(12)22(26)27)20-17(23)11-29-19(25)14(8-10-30-2)21-18(24)16-7-4-9-28-16/h3-7,9,14H,8,10-11H2,1-2H3,(H,20,23)(H,21,24)/t14-/m1/s1. The molecule has 0 spiro atoms. The van der Waals surface area contributed by atoms with Crippen LogP contribution in [0, 0.1) is 17.0 Å². The van der Waals surface area contributed by atoms with Gasteiger partial charge in [0.05, 0.1) is 22.4 Å². The number of carbonyl (C=O) groups excluding carboxylic acids is 3. The number of nitrogens with zero attached hydrogens (tertiary/aromatic N) is 1. The van der Waals surface area contributed by atoms with Gasteiger partial charge in [-0.05, 0) is 43.6 Å². The number of anilines is 1. The maximum absolute atomic E-state index is 12.4. The number of ether oxygens (including phenoxy) is 1. The van der Waals surface area contributed by atoms with Crippen molar-refractivity contribution in [2.45, 2.75) is 19.4 Å². The SMILES string of the molecule is CSCC[C@@H](NC(=O)c1ccco1)C(=O)OCC(=O)Nc1cccc([N+](=O)[O-])c1C. The number of rotatable bonds is 10. The molecule has 0 saturated carbocycles. The third-order valence-corrected chi connectivity index (χ3v) is 4.71. The molecule has 0 fully saturated rings. The number of nitro benzene ring substituents is 1. The summed E-state index contributed by atoms with van der Waals surface area (Å²) in [6.07, 6.45) is 3.49. The van der Waals surface area contributed by atoms with Crippen molar-refractivity contribution in [3.63, 3.8) is 0 Å². The lowest BCUT2D eigenvalue weighted by Gasteiger charge is -2.17. The van der Waals surface area contributed by atoms with E-state index in [1.54, 1.807) is 6.07 Å². The maximum atomic E-state index is 12.4. The first-order valence-corrected chi connectivity index (χ1v) is 10.3. The van der Waals surface area contributed by atoms with Gasteiger partial charge in [0, 0.05) is 6.07 Å². The minimum absolute atomic E-state index is 0.0517. The van der Waals surface area contributed by atoms with Gasteiger partial charge in [-0.1, -0.05) is 6.07 Å². The number of nitrogens with one attached hydrogen (secondary N) is 2. The van der Waals surface area contributed by atoms with Gasteiger partial charge >= 0.3 is 5.97 Å². The van der Waals surface area contributed by atoms with E-state index in [2.05, 4.69) is 10.6 Å². The van der Waals surface area contributed by atoms with E-state index in [4.69, 9.17) is 9.15 Å². The van der Waals surface area contributed by atoms with Crippen LogP contribution in [0.15, 0.2) is 41.0 Å². The van der Waals surface area contributed by atoms with E-state index >= 15 is 0 Å². The number of amides is 2. The Balaban J connectivity index is 1.95. The van der Waals surface area contributed by atoms with Crippen LogP contribution >= 0.6 is 11.8 Å². The van der Waals surface area contributed by atoms with Gasteiger partial charge in [0.1, 0.15) is 6.04 Å². The van der Waals surface area contributed by atoms with Gasteiger partial charge in [0.15, 0.2) is 12.4 Å². The molecule has 2 rings (SSSR count). The summed E-state index contributed by atoms with van der Waals surface area (Å²) in [6, 6.07) is 6.32. The summed E-state index contributed by atoms with van der Waals surface area (Å²) >= 11 is 1.49. The fraction of sp³-hybridized carbons (Fsp3) is 0.316. The van der Waals surface area contributed by atoms with Gasteiger partial charge in [0.25, 0.3) is 17.5 Å². The summed E-state index contributed by atoms with van der Waals surface area (Å²) in [6.45, 7) is 0.899. The molecule has 0 radical (unpaired) electrons. The number of nitro groups is 1. The average molecular weight is 435 g/mol. The van der Waals surface area contributed by atoms with Crippen molar-refractivity contribution >= 4 is 40.9 Å². The predicted molar refractivity (Wildman–Crippen MR) is 110 cm³/mol. The van der Waals surface area contributed by atoms with E-state index in [-0.39, 0.29) is 22.7 Å². The lowest BCUT2D eigenvalue weighted by atomic mass is 10.1. The first-order valence-electron chi connectivity index (χ1n) is 8.87. The molecule has 10 nitrogen and oxygen atoms in total. The number of furan rings is 1. The van der Waals surface area contributed by atoms with Crippen molar-refractivity contribution < 1.29 is 28.5 Å². The largest absolute Gasteiger partial charge is 0.459 e. The van der Waals surface area contributed by atoms with Crippen LogP contribution in [-0.4, -0.2) is 47.4 Å². The zero-order valence-electron chi connectivity index (χ0n) is 16.4. The lowest BCUT2D eigenvalue weighted by molar-refractivity contribution is -0.385. The summed E-state index contributed by atoms with van der Waals surface area (Å²) in [7, 11) is 0. The Hall–Kier alpha value is -3.34. The Morgan fingerprint density at radius 2 is 2.03 bits per heavy atom. The van der Waals surface area contributed by atoms with Crippen molar-refractivity contribution in [3.8, 4) is 0 Å². The second-order valence-corrected chi connectivity index (χ2v) is 7.13. The molecular formula is C19H21N3O7S. The normalized spacial score (nSPS) is 11.4. The van der Waals surface area contributed by atoms with Crippen molar-refractivity contribution in [2.24, 2.45) is 0 Å². The molecule has 1 heterocycles. The molecule has 0 aliphatic rings. The van der Waals surface area contributed by atoms with Crippen LogP contribution < -0.4 is 10.6 Å². The Morgan fingerprint density at radius 3 is 2.67 bits per heavy atom. The number of thioether (sulfide) groups is 1. The van der Waals surface area contributed by atoms with Gasteiger partial charge < -0.3 is 19.8 Å². The van der Waals surface area contributed by atoms with Gasteiger partial charge in [-0.25, -0.2) is 4.79 Å². The predicted octanol–water partition coefficient (Wildman–Crippen LogP) is 2.53. The molecule has 0 bridgehead atoms. The zero-order chi connectivity index (χ0) is 22.1. The molecule has 0 unspecified atom stereocenters. The molecule has 1 atom stereocenters. The van der Waals surface area contributed by atoms with E-state index in [9.17, 15) is 24.5 Å². The Kier molecular flexibility index (Phi) is 8.41. The molecule has 0 saturated heterocycles. The number of carbonyl (C=O) groups is 3. The maximum Gasteiger partial charge on any atom is 0.329 e. The second-order valence-electron chi connectivity index (χ2n) is 6.15. The van der Waals surface area contributed by atoms with Crippen molar-refractivity contribution in [3.05, 3.63) is 58.0 Å². The van der Waals surface area contributed by atoms with E-state index in [1.165, 1.54) is 49.2 Å². The third-order valence-electron chi connectivity index (χ3n) is 4.07. The number of hydrogen-bond donors (Lipinski definition) is 2. The van der Waals surface area contributed by atoms with Crippen LogP contribution in [0.1, 0.15) is 22.5 Å². The highest BCUT2D eigenvalue weighted by Gasteiger charge is 2.24. The average Bonchev–Trinajstić information content (AvgIpc) is 3.25. The molecule has 160 valence electrons. The second kappa shape index (κ2) is 11.0. The zero-order valence-corrected chi connectivity index (χ0v) is 17.2. The van der Waals surface area contributed by atoms with Crippen LogP contribution in [0.25, 0.3) is 0 Å². The molecule has 0 aliphatic heterocycles. The summed E-state index contributed by atoms with van der Waals surface area (Å²) in [5.41, 5.74) is 0.392. The van der Waals surface area contributed by atoms with Crippen LogP contribution in [0.3, 0.4) is 0 Å². The van der Waals surface area contributed by atoms with E-state index in [1.807, 2.05) is 6.26 Å². The summed E-state index contributed by atoms with van der Waals surface area (Å²) in [4.78, 5) is 47.1. The first kappa shape index (κ1) is 22.9. The van der Waals surface area contributed by atoms with Crippen LogP contribution in [0.4, 0.5) is 11.4 Å². The molecule has 11 heteroatoms. The Bertz CT molecular complexity index is 915. The molecule has 0 aliphatic carbocycles. The van der Waals surface area contributed by atoms with Crippen molar-refractivity contribution in [1.29, 1.82) is 0 Å². The highest BCUT2D eigenvalue weighted by atomic mass is 32.2. The van der Waals surface area contributed by atoms with E-state index < -0.39 is 35.4 Å². The van der Waals surface area contributed by atoms with Crippen LogP contribution in [0.2, 0.25) is 0 Å². The topological polar surface area (TPSA) is 141 Å². The molecule has 1 aromatic carbocycles. The van der Waals surface area contributed by atoms with E-state index in [0.29, 0.717) is 12.2 Å². The highest BCUT2D eigenvalue weighted by molar-refractivity contribution is 7.98. The van der Waals surface area contributed by atoms with Gasteiger partial charge in [-0.15, -0.1) is 0 Å². The lowest BCUT2D eigenvalue weighted by Crippen LogP contribution is -2.43. The summed E-state index contributed by atoms with van der Waals surface area (Å²) < 4.78 is 10.0. The van der Waals surface area contributed by atoms with E-state index in [0.717, 1.165) is 0 Å². The highest BCUT2D eigenvalue weighted by Crippen LogP contribution is 2.24. The third kappa shape index (κ3) is 6.34. The summed E-state index contributed by atoms with van der Waals surface area (Å²) in [5, 5.41) is 16.0. The Morgan fingerprint density at radius 1 is 1.27 bits per heavy atom. The molecule has 2 amide bonds. The molecular weight excluding hydrogens is 414 g/mol. The fourth-order valence-electron chi connectivity index (χ4n) is 2.50. The van der Waals surface area contributed by atoms with Gasteiger partial charge in [-0.2, -0.15) is 11.8 Å². The molecule has 30 heavy (non-hydrogen) atoms. The number of hydrogen-bond acceptors (Lipinski definition) is 8. The molecule has 1 aromatic heterocycles. The molecule has 2 N–H and O–H groups in total. The quantitative estimate of drug-likeness (QED) is 0.329. The minimum atomic E-state index is -0.956. The van der Waals surface area contributed by atoms with Crippen molar-refractivity contribution in [2.75, 3.05) is 23.9 Å². The van der Waals surface area contributed by atoms with Gasteiger partial charge in [-0.3, -0.25) is 19.7 Å². The monoisotopic (exact) mass is 435 g/mol. The van der Waals surface area contributed by atoms with Crippen LogP contribution in [0.5, 0.6) is 0 Å². The van der Waals surface area contributed by atoms with Crippen LogP contribution in [-0.2, 0) is 14.3 Å². The Labute approximate surface area is 176 Å². The molecule has 2 aromatic rings. The van der Waals surface area contributed by atoms with Gasteiger partial charge in [0.2, 0.25) is 0 Å². The minimum Gasteiger partial charge on any atom is -0.459 e. The first-order chi connectivity index (χ1) is 14.3. The smallest absolute Gasteiger partial charge is 0.329 e.